The van der Waals surface area contributed by atoms with Crippen LogP contribution in [-0.4, -0.2) is 69.4 Å². The third kappa shape index (κ3) is 6.77. The van der Waals surface area contributed by atoms with Crippen LogP contribution in [0.15, 0.2) is 18.2 Å². The summed E-state index contributed by atoms with van der Waals surface area (Å²) in [7, 11) is -3.51. The Kier molecular flexibility index (Phi) is 9.38. The molecule has 4 bridgehead atoms. The molecule has 6 rings (SSSR count). The van der Waals surface area contributed by atoms with Crippen molar-refractivity contribution >= 4 is 10.0 Å². The van der Waals surface area contributed by atoms with Gasteiger partial charge in [-0.3, -0.25) is 15.5 Å². The number of hydrogen-bond donors (Lipinski definition) is 4. The molecule has 0 aromatic heterocycles. The number of nitrogens with one attached hydrogen (secondary N) is 4. The number of hydrogen-bond acceptors (Lipinski definition) is 7. The van der Waals surface area contributed by atoms with Crippen LogP contribution in [0.25, 0.3) is 0 Å². The van der Waals surface area contributed by atoms with E-state index in [0.717, 1.165) is 58.2 Å². The third-order valence-electron chi connectivity index (χ3n) is 11.2. The summed E-state index contributed by atoms with van der Waals surface area (Å²) < 4.78 is 37.5. The van der Waals surface area contributed by atoms with Gasteiger partial charge in [-0.05, 0) is 112 Å². The highest BCUT2D eigenvalue weighted by Gasteiger charge is 2.49. The standard InChI is InChI=1S/C33H55N5O3S/c1-22(2)15-26-21-41-30-17-29(31-23(3)7-5-8-24(31)4)35-32(36-30)37-42(39,40)28-10-6-9-25(16-28)20-38(26)27-18-33(19-27)11-13-34-14-12-33/h5,7-8,22,25-30,32,34-37H,6,9-21H2,1-4H3/t25?,26-,28?,29?,30?,32?/m1/s1. The topological polar surface area (TPSA) is 94.7 Å². The summed E-state index contributed by atoms with van der Waals surface area (Å²) in [6, 6.07) is 7.31. The van der Waals surface area contributed by atoms with Gasteiger partial charge in [-0.15, -0.1) is 0 Å². The maximum absolute atomic E-state index is 13.8. The predicted octanol–water partition coefficient (Wildman–Crippen LogP) is 4.29. The highest BCUT2D eigenvalue weighted by atomic mass is 32.2. The van der Waals surface area contributed by atoms with Crippen molar-refractivity contribution in [1.29, 1.82) is 0 Å². The molecule has 3 saturated heterocycles. The molecule has 3 heterocycles. The fourth-order valence-corrected chi connectivity index (χ4v) is 10.7. The molecule has 236 valence electrons. The first-order chi connectivity index (χ1) is 20.1. The van der Waals surface area contributed by atoms with Crippen LogP contribution in [0.4, 0.5) is 0 Å². The van der Waals surface area contributed by atoms with Crippen molar-refractivity contribution in [3.63, 3.8) is 0 Å². The molecule has 3 aliphatic heterocycles. The van der Waals surface area contributed by atoms with E-state index in [1.807, 2.05) is 0 Å². The number of ether oxygens (including phenoxy) is 1. The minimum atomic E-state index is -3.51. The molecule has 0 amide bonds. The Hall–Kier alpha value is -1.07. The summed E-state index contributed by atoms with van der Waals surface area (Å²) >= 11 is 0. The smallest absolute Gasteiger partial charge is 0.216 e. The zero-order valence-electron chi connectivity index (χ0n) is 26.3. The lowest BCUT2D eigenvalue weighted by atomic mass is 9.60. The predicted molar refractivity (Wildman–Crippen MR) is 168 cm³/mol. The summed E-state index contributed by atoms with van der Waals surface area (Å²) in [4.78, 5) is 2.81. The van der Waals surface area contributed by atoms with E-state index in [1.54, 1.807) is 0 Å². The van der Waals surface area contributed by atoms with E-state index in [0.29, 0.717) is 35.9 Å². The minimum absolute atomic E-state index is 0.000403. The Morgan fingerprint density at radius 3 is 2.50 bits per heavy atom. The van der Waals surface area contributed by atoms with Gasteiger partial charge in [0.05, 0.1) is 11.9 Å². The van der Waals surface area contributed by atoms with E-state index in [-0.39, 0.29) is 17.5 Å². The molecule has 0 radical (unpaired) electrons. The van der Waals surface area contributed by atoms with Crippen molar-refractivity contribution in [2.24, 2.45) is 17.3 Å². The molecule has 4 N–H and O–H groups in total. The van der Waals surface area contributed by atoms with Crippen molar-refractivity contribution in [2.45, 2.75) is 128 Å². The van der Waals surface area contributed by atoms with Crippen LogP contribution in [-0.2, 0) is 14.8 Å². The molecule has 9 heteroatoms. The van der Waals surface area contributed by atoms with Gasteiger partial charge in [0, 0.05) is 31.1 Å². The quantitative estimate of drug-likeness (QED) is 0.409. The Balaban J connectivity index is 1.30. The van der Waals surface area contributed by atoms with E-state index in [4.69, 9.17) is 4.74 Å². The first-order valence-corrected chi connectivity index (χ1v) is 18.3. The van der Waals surface area contributed by atoms with Crippen molar-refractivity contribution in [1.82, 2.24) is 25.6 Å². The molecular weight excluding hydrogens is 546 g/mol. The first-order valence-electron chi connectivity index (χ1n) is 16.8. The van der Waals surface area contributed by atoms with Crippen LogP contribution in [0.3, 0.4) is 0 Å². The fraction of sp³-hybridized carbons (Fsp3) is 0.818. The number of nitrogens with zero attached hydrogens (tertiary/aromatic N) is 1. The van der Waals surface area contributed by atoms with Gasteiger partial charge in [-0.2, -0.15) is 4.72 Å². The molecular formula is C33H55N5O3S. The van der Waals surface area contributed by atoms with Crippen molar-refractivity contribution < 1.29 is 13.2 Å². The Labute approximate surface area is 254 Å². The SMILES string of the molecule is Cc1cccc(C)c1C1CC2NC(N1)NS(=O)(=O)C1CCCC(C1)CN(C1CC3(CCNCC3)C1)[C@H](CC(C)C)CO2. The van der Waals surface area contributed by atoms with Crippen molar-refractivity contribution in [3.05, 3.63) is 34.9 Å². The van der Waals surface area contributed by atoms with Gasteiger partial charge in [-0.1, -0.05) is 38.5 Å². The molecule has 5 fully saturated rings. The third-order valence-corrected chi connectivity index (χ3v) is 13.0. The Morgan fingerprint density at radius 1 is 1.05 bits per heavy atom. The molecule has 2 saturated carbocycles. The van der Waals surface area contributed by atoms with E-state index in [1.165, 1.54) is 42.4 Å². The molecule has 1 spiro atoms. The van der Waals surface area contributed by atoms with Gasteiger partial charge in [-0.25, -0.2) is 8.42 Å². The molecule has 5 unspecified atom stereocenters. The maximum Gasteiger partial charge on any atom is 0.216 e. The average Bonchev–Trinajstić information content (AvgIpc) is 2.93. The van der Waals surface area contributed by atoms with E-state index in [2.05, 4.69) is 71.5 Å². The zero-order valence-corrected chi connectivity index (χ0v) is 27.1. The lowest BCUT2D eigenvalue weighted by Gasteiger charge is -2.56. The van der Waals surface area contributed by atoms with Crippen LogP contribution in [0.5, 0.6) is 0 Å². The summed E-state index contributed by atoms with van der Waals surface area (Å²) in [5.41, 5.74) is 4.21. The maximum atomic E-state index is 13.8. The van der Waals surface area contributed by atoms with Gasteiger partial charge in [0.1, 0.15) is 12.5 Å². The number of sulfonamides is 1. The fourth-order valence-electron chi connectivity index (χ4n) is 9.00. The molecule has 5 aliphatic rings. The molecule has 1 aromatic rings. The lowest BCUT2D eigenvalue weighted by Crippen LogP contribution is -2.64. The van der Waals surface area contributed by atoms with Crippen LogP contribution in [0.2, 0.25) is 0 Å². The first kappa shape index (κ1) is 30.9. The van der Waals surface area contributed by atoms with Gasteiger partial charge in [0.25, 0.3) is 0 Å². The second-order valence-electron chi connectivity index (χ2n) is 14.8. The van der Waals surface area contributed by atoms with E-state index >= 15 is 0 Å². The summed E-state index contributed by atoms with van der Waals surface area (Å²) in [6.07, 6.45) is 9.79. The number of aryl methyl sites for hydroxylation is 2. The summed E-state index contributed by atoms with van der Waals surface area (Å²) in [6.45, 7) is 12.9. The number of piperidine rings is 1. The Bertz CT molecular complexity index is 1160. The van der Waals surface area contributed by atoms with Crippen LogP contribution in [0.1, 0.15) is 101 Å². The normalized spacial score (nSPS) is 36.0. The largest absolute Gasteiger partial charge is 0.362 e. The average molecular weight is 602 g/mol. The number of rotatable bonds is 4. The number of fused-ring (bicyclic) bond motifs is 4. The molecule has 42 heavy (non-hydrogen) atoms. The van der Waals surface area contributed by atoms with Crippen LogP contribution >= 0.6 is 0 Å². The van der Waals surface area contributed by atoms with Crippen molar-refractivity contribution in [2.75, 3.05) is 26.2 Å². The number of benzene rings is 1. The monoisotopic (exact) mass is 601 g/mol. The van der Waals surface area contributed by atoms with Gasteiger partial charge >= 0.3 is 0 Å². The van der Waals surface area contributed by atoms with Crippen LogP contribution in [0, 0.1) is 31.1 Å². The molecule has 1 aromatic carbocycles. The second kappa shape index (κ2) is 12.7. The van der Waals surface area contributed by atoms with Gasteiger partial charge < -0.3 is 10.1 Å². The highest BCUT2D eigenvalue weighted by Crippen LogP contribution is 2.51. The van der Waals surface area contributed by atoms with Crippen molar-refractivity contribution in [3.8, 4) is 0 Å². The molecule has 6 atom stereocenters. The highest BCUT2D eigenvalue weighted by molar-refractivity contribution is 7.90. The van der Waals surface area contributed by atoms with Gasteiger partial charge in [0.2, 0.25) is 10.0 Å². The molecule has 8 nitrogen and oxygen atoms in total. The molecule has 2 aliphatic carbocycles. The van der Waals surface area contributed by atoms with E-state index < -0.39 is 16.3 Å². The summed E-state index contributed by atoms with van der Waals surface area (Å²) in [5.74, 6) is 0.977. The minimum Gasteiger partial charge on any atom is -0.362 e. The Morgan fingerprint density at radius 2 is 1.79 bits per heavy atom. The summed E-state index contributed by atoms with van der Waals surface area (Å²) in [5, 5.41) is 10.3. The lowest BCUT2D eigenvalue weighted by molar-refractivity contribution is -0.0884. The second-order valence-corrected chi connectivity index (χ2v) is 16.8. The van der Waals surface area contributed by atoms with E-state index in [9.17, 15) is 8.42 Å². The van der Waals surface area contributed by atoms with Crippen LogP contribution < -0.4 is 20.7 Å². The van der Waals surface area contributed by atoms with Gasteiger partial charge in [0.15, 0.2) is 0 Å². The zero-order chi connectivity index (χ0) is 29.5.